The molecule has 0 fully saturated rings. The monoisotopic (exact) mass is 603 g/mol. The topological polar surface area (TPSA) is 81.0 Å². The van der Waals surface area contributed by atoms with Crippen LogP contribution in [0.15, 0.2) is 107 Å². The van der Waals surface area contributed by atoms with Crippen molar-refractivity contribution in [2.24, 2.45) is 5.10 Å². The number of carbonyl (C=O) groups is 1. The number of nitrogens with zero attached hydrogens (tertiary/aromatic N) is 3. The van der Waals surface area contributed by atoms with E-state index in [2.05, 4.69) is 5.10 Å². The van der Waals surface area contributed by atoms with Gasteiger partial charge in [0.15, 0.2) is 9.84 Å². The Labute approximate surface area is 247 Å². The molecule has 6 rings (SSSR count). The number of benzene rings is 3. The third-order valence-electron chi connectivity index (χ3n) is 7.17. The van der Waals surface area contributed by atoms with E-state index < -0.39 is 27.5 Å². The maximum absolute atomic E-state index is 13.8. The molecule has 10 heteroatoms. The van der Waals surface area contributed by atoms with Crippen molar-refractivity contribution in [2.45, 2.75) is 23.9 Å². The van der Waals surface area contributed by atoms with Gasteiger partial charge in [-0.1, -0.05) is 66.2 Å². The molecular formula is C31H26ClN3O4S2. The van der Waals surface area contributed by atoms with Crippen LogP contribution in [0.3, 0.4) is 0 Å². The van der Waals surface area contributed by atoms with E-state index in [0.717, 1.165) is 27.2 Å². The minimum atomic E-state index is -4.02. The summed E-state index contributed by atoms with van der Waals surface area (Å²) in [6.45, 7) is 0.393. The van der Waals surface area contributed by atoms with Crippen LogP contribution in [-0.2, 0) is 21.2 Å². The fraction of sp³-hybridized carbons (Fsp3) is 0.161. The zero-order valence-electron chi connectivity index (χ0n) is 22.1. The van der Waals surface area contributed by atoms with Gasteiger partial charge in [0.25, 0.3) is 5.91 Å². The van der Waals surface area contributed by atoms with Gasteiger partial charge in [-0.3, -0.25) is 4.79 Å². The van der Waals surface area contributed by atoms with E-state index >= 15 is 0 Å². The number of methoxy groups -OCH3 is 1. The lowest BCUT2D eigenvalue weighted by Gasteiger charge is -2.22. The number of hydrazone groups is 1. The van der Waals surface area contributed by atoms with Crippen molar-refractivity contribution in [3.63, 3.8) is 0 Å². The third-order valence-corrected chi connectivity index (χ3v) is 10.1. The lowest BCUT2D eigenvalue weighted by molar-refractivity contribution is -0.130. The highest BCUT2D eigenvalue weighted by Crippen LogP contribution is 2.35. The Bertz CT molecular complexity index is 1860. The third kappa shape index (κ3) is 5.40. The normalized spacial score (nSPS) is 15.3. The summed E-state index contributed by atoms with van der Waals surface area (Å²) < 4.78 is 34.8. The molecule has 0 radical (unpaired) electrons. The number of halogens is 1. The number of fused-ring (bicyclic) bond motifs is 1. The van der Waals surface area contributed by atoms with Crippen molar-refractivity contribution in [3.8, 4) is 5.75 Å². The van der Waals surface area contributed by atoms with Crippen LogP contribution >= 0.6 is 22.9 Å². The van der Waals surface area contributed by atoms with Crippen molar-refractivity contribution in [3.05, 3.63) is 118 Å². The fourth-order valence-electron chi connectivity index (χ4n) is 5.13. The second-order valence-electron chi connectivity index (χ2n) is 9.74. The van der Waals surface area contributed by atoms with Gasteiger partial charge in [0.05, 0.1) is 28.6 Å². The molecule has 3 heterocycles. The summed E-state index contributed by atoms with van der Waals surface area (Å²) >= 11 is 7.93. The maximum atomic E-state index is 13.8. The van der Waals surface area contributed by atoms with Crippen molar-refractivity contribution >= 4 is 55.3 Å². The SMILES string of the molecule is COc1ccc([C@@H]2CC(c3cccs3)=NN2C(=O)CS(=O)(=O)c2cn(Cc3ccccc3Cl)c3ccccc23)cc1. The van der Waals surface area contributed by atoms with Gasteiger partial charge in [-0.15, -0.1) is 11.3 Å². The minimum Gasteiger partial charge on any atom is -0.497 e. The van der Waals surface area contributed by atoms with E-state index in [0.29, 0.717) is 29.1 Å². The van der Waals surface area contributed by atoms with Crippen LogP contribution in [0.25, 0.3) is 10.9 Å². The molecule has 0 aliphatic carbocycles. The van der Waals surface area contributed by atoms with Gasteiger partial charge in [-0.2, -0.15) is 5.10 Å². The summed E-state index contributed by atoms with van der Waals surface area (Å²) in [6, 6.07) is 25.6. The van der Waals surface area contributed by atoms with E-state index in [1.165, 1.54) is 16.3 Å². The highest BCUT2D eigenvalue weighted by Gasteiger charge is 2.36. The van der Waals surface area contributed by atoms with Gasteiger partial charge < -0.3 is 9.30 Å². The standard InChI is InChI=1S/C31H26ClN3O4S2/c1-39-23-14-12-21(13-15-23)28-17-26(29-11-6-16-40-29)33-35(28)31(36)20-41(37,38)30-19-34(27-10-5-3-8-24(27)30)18-22-7-2-4-9-25(22)32/h2-16,19,28H,17-18,20H2,1H3/t28-/m0/s1. The molecule has 2 aromatic heterocycles. The molecule has 7 nitrogen and oxygen atoms in total. The predicted molar refractivity (Wildman–Crippen MR) is 163 cm³/mol. The summed E-state index contributed by atoms with van der Waals surface area (Å²) in [7, 11) is -2.43. The number of rotatable bonds is 8. The molecule has 41 heavy (non-hydrogen) atoms. The molecule has 1 amide bonds. The highest BCUT2D eigenvalue weighted by atomic mass is 35.5. The molecule has 0 bridgehead atoms. The van der Waals surface area contributed by atoms with Crippen LogP contribution in [0.2, 0.25) is 5.02 Å². The first-order valence-corrected chi connectivity index (χ1v) is 15.9. The Hall–Kier alpha value is -3.92. The zero-order chi connectivity index (χ0) is 28.6. The van der Waals surface area contributed by atoms with E-state index in [4.69, 9.17) is 16.3 Å². The first-order valence-electron chi connectivity index (χ1n) is 13.0. The molecule has 208 valence electrons. The predicted octanol–water partition coefficient (Wildman–Crippen LogP) is 6.56. The number of para-hydroxylation sites is 1. The van der Waals surface area contributed by atoms with E-state index in [1.54, 1.807) is 31.5 Å². The van der Waals surface area contributed by atoms with Crippen LogP contribution in [0.1, 0.15) is 28.5 Å². The van der Waals surface area contributed by atoms with E-state index in [9.17, 15) is 13.2 Å². The molecule has 5 aromatic rings. The number of carbonyl (C=O) groups excluding carboxylic acids is 1. The maximum Gasteiger partial charge on any atom is 0.258 e. The molecule has 0 spiro atoms. The summed E-state index contributed by atoms with van der Waals surface area (Å²) in [4.78, 5) is 14.8. The number of amides is 1. The highest BCUT2D eigenvalue weighted by molar-refractivity contribution is 7.92. The molecule has 1 atom stereocenters. The van der Waals surface area contributed by atoms with Crippen LogP contribution in [-0.4, -0.2) is 42.5 Å². The molecule has 1 aliphatic heterocycles. The van der Waals surface area contributed by atoms with E-state index in [1.807, 2.05) is 76.7 Å². The Kier molecular flexibility index (Phi) is 7.42. The quantitative estimate of drug-likeness (QED) is 0.201. The Morgan fingerprint density at radius 1 is 1.02 bits per heavy atom. The second kappa shape index (κ2) is 11.2. The lowest BCUT2D eigenvalue weighted by Crippen LogP contribution is -2.32. The number of ether oxygens (including phenoxy) is 1. The Morgan fingerprint density at radius 2 is 1.78 bits per heavy atom. The number of thiophene rings is 1. The second-order valence-corrected chi connectivity index (χ2v) is 13.1. The van der Waals surface area contributed by atoms with Crippen LogP contribution < -0.4 is 4.74 Å². The molecule has 0 saturated carbocycles. The minimum absolute atomic E-state index is 0.108. The Balaban J connectivity index is 1.33. The number of hydrogen-bond donors (Lipinski definition) is 0. The van der Waals surface area contributed by atoms with Gasteiger partial charge in [0.2, 0.25) is 0 Å². The largest absolute Gasteiger partial charge is 0.497 e. The number of hydrogen-bond acceptors (Lipinski definition) is 6. The average Bonchev–Trinajstić information content (AvgIpc) is 3.74. The lowest BCUT2D eigenvalue weighted by atomic mass is 10.0. The summed E-state index contributed by atoms with van der Waals surface area (Å²) in [6.07, 6.45) is 2.08. The van der Waals surface area contributed by atoms with Crippen LogP contribution in [0.4, 0.5) is 0 Å². The van der Waals surface area contributed by atoms with Gasteiger partial charge in [-0.25, -0.2) is 13.4 Å². The van der Waals surface area contributed by atoms with E-state index in [-0.39, 0.29) is 4.90 Å². The smallest absolute Gasteiger partial charge is 0.258 e. The van der Waals surface area contributed by atoms with Gasteiger partial charge in [0, 0.05) is 35.1 Å². The van der Waals surface area contributed by atoms with Crippen molar-refractivity contribution in [1.29, 1.82) is 0 Å². The Morgan fingerprint density at radius 3 is 2.51 bits per heavy atom. The first kappa shape index (κ1) is 27.3. The van der Waals surface area contributed by atoms with Crippen molar-refractivity contribution in [1.82, 2.24) is 9.58 Å². The zero-order valence-corrected chi connectivity index (χ0v) is 24.5. The molecule has 1 aliphatic rings. The van der Waals surface area contributed by atoms with Crippen molar-refractivity contribution in [2.75, 3.05) is 12.9 Å². The molecule has 3 aromatic carbocycles. The van der Waals surface area contributed by atoms with Crippen molar-refractivity contribution < 1.29 is 17.9 Å². The summed E-state index contributed by atoms with van der Waals surface area (Å²) in [5, 5.41) is 9.08. The fourth-order valence-corrected chi connectivity index (χ4v) is 7.45. The molecule has 0 saturated heterocycles. The van der Waals surface area contributed by atoms with Gasteiger partial charge in [0.1, 0.15) is 11.5 Å². The van der Waals surface area contributed by atoms with Gasteiger partial charge in [-0.05, 0) is 46.8 Å². The average molecular weight is 604 g/mol. The number of sulfone groups is 1. The molecule has 0 N–H and O–H groups in total. The molecular weight excluding hydrogens is 578 g/mol. The number of aromatic nitrogens is 1. The molecule has 0 unspecified atom stereocenters. The summed E-state index contributed by atoms with van der Waals surface area (Å²) in [5.41, 5.74) is 3.21. The van der Waals surface area contributed by atoms with Gasteiger partial charge >= 0.3 is 0 Å². The first-order chi connectivity index (χ1) is 19.8. The van der Waals surface area contributed by atoms with Crippen LogP contribution in [0, 0.1) is 0 Å². The summed E-state index contributed by atoms with van der Waals surface area (Å²) in [5.74, 6) is -0.596. The van der Waals surface area contributed by atoms with Crippen LogP contribution in [0.5, 0.6) is 5.75 Å².